The Morgan fingerprint density at radius 2 is 2.00 bits per heavy atom. The maximum absolute atomic E-state index is 6.01. The van der Waals surface area contributed by atoms with Crippen LogP contribution in [0.1, 0.15) is 58.0 Å². The van der Waals surface area contributed by atoms with Crippen LogP contribution >= 0.6 is 0 Å². The van der Waals surface area contributed by atoms with Gasteiger partial charge in [-0.2, -0.15) is 5.10 Å². The van der Waals surface area contributed by atoms with Crippen molar-refractivity contribution in [2.75, 3.05) is 0 Å². The fraction of sp³-hybridized carbons (Fsp3) is 0.643. The molecule has 0 unspecified atom stereocenters. The quantitative estimate of drug-likeness (QED) is 0.876. The summed E-state index contributed by atoms with van der Waals surface area (Å²) in [6.07, 6.45) is 6.10. The minimum absolute atomic E-state index is 0.465. The zero-order chi connectivity index (χ0) is 14.8. The van der Waals surface area contributed by atoms with Crippen LogP contribution in [-0.4, -0.2) is 24.8 Å². The van der Waals surface area contributed by atoms with Gasteiger partial charge >= 0.3 is 0 Å². The summed E-state index contributed by atoms with van der Waals surface area (Å²) in [5.41, 5.74) is 7.32. The zero-order valence-corrected chi connectivity index (χ0v) is 12.7. The fourth-order valence-electron chi connectivity index (χ4n) is 2.16. The van der Waals surface area contributed by atoms with Crippen LogP contribution in [0.25, 0.3) is 0 Å². The standard InChI is InChI=1S/C14H24N6/c1-5-12(6-2)20-8-7-11(17-20)9-19-10-13(16-18-19)14(3,4)15/h7-8,10,12H,5-6,9,15H2,1-4H3. The van der Waals surface area contributed by atoms with Crippen molar-refractivity contribution in [1.82, 2.24) is 24.8 Å². The number of hydrogen-bond acceptors (Lipinski definition) is 4. The van der Waals surface area contributed by atoms with Crippen LogP contribution in [0, 0.1) is 0 Å². The maximum Gasteiger partial charge on any atom is 0.102 e. The molecule has 2 aromatic heterocycles. The highest BCUT2D eigenvalue weighted by Gasteiger charge is 2.18. The van der Waals surface area contributed by atoms with Crippen LogP contribution in [-0.2, 0) is 12.1 Å². The van der Waals surface area contributed by atoms with Crippen LogP contribution in [0.2, 0.25) is 0 Å². The van der Waals surface area contributed by atoms with Crippen LogP contribution in [0.5, 0.6) is 0 Å². The van der Waals surface area contributed by atoms with E-state index < -0.39 is 5.54 Å². The molecule has 0 saturated carbocycles. The third kappa shape index (κ3) is 3.25. The maximum atomic E-state index is 6.01. The summed E-state index contributed by atoms with van der Waals surface area (Å²) in [6, 6.07) is 2.51. The van der Waals surface area contributed by atoms with Crippen LogP contribution in [0.15, 0.2) is 18.5 Å². The van der Waals surface area contributed by atoms with Crippen LogP contribution in [0.4, 0.5) is 0 Å². The molecule has 2 rings (SSSR count). The van der Waals surface area contributed by atoms with E-state index in [9.17, 15) is 0 Å². The van der Waals surface area contributed by atoms with Crippen molar-refractivity contribution in [2.45, 2.75) is 58.7 Å². The van der Waals surface area contributed by atoms with Gasteiger partial charge in [0.25, 0.3) is 0 Å². The Morgan fingerprint density at radius 1 is 1.30 bits per heavy atom. The van der Waals surface area contributed by atoms with E-state index >= 15 is 0 Å². The second-order valence-corrected chi connectivity index (χ2v) is 5.78. The molecule has 0 fully saturated rings. The molecule has 0 radical (unpaired) electrons. The number of nitrogens with two attached hydrogens (primary N) is 1. The van der Waals surface area contributed by atoms with Gasteiger partial charge in [-0.05, 0) is 32.8 Å². The third-order valence-corrected chi connectivity index (χ3v) is 3.50. The van der Waals surface area contributed by atoms with Gasteiger partial charge in [-0.15, -0.1) is 5.10 Å². The average molecular weight is 276 g/mol. The molecule has 0 spiro atoms. The lowest BCUT2D eigenvalue weighted by Gasteiger charge is -2.13. The molecule has 0 atom stereocenters. The predicted molar refractivity (Wildman–Crippen MR) is 78.2 cm³/mol. The number of rotatable bonds is 6. The second kappa shape index (κ2) is 5.75. The smallest absolute Gasteiger partial charge is 0.102 e. The Bertz CT molecular complexity index is 544. The number of hydrogen-bond donors (Lipinski definition) is 1. The molecule has 6 nitrogen and oxygen atoms in total. The Hall–Kier alpha value is -1.69. The van der Waals surface area contributed by atoms with Crippen molar-refractivity contribution in [3.05, 3.63) is 29.8 Å². The molecule has 0 saturated heterocycles. The summed E-state index contributed by atoms with van der Waals surface area (Å²) < 4.78 is 3.82. The first-order chi connectivity index (χ1) is 9.44. The predicted octanol–water partition coefficient (Wildman–Crippen LogP) is 2.08. The van der Waals surface area contributed by atoms with Gasteiger partial charge < -0.3 is 5.73 Å². The number of aromatic nitrogens is 5. The highest BCUT2D eigenvalue weighted by atomic mass is 15.4. The SMILES string of the molecule is CCC(CC)n1ccc(Cn2cc(C(C)(C)N)nn2)n1. The van der Waals surface area contributed by atoms with Gasteiger partial charge in [-0.1, -0.05) is 19.1 Å². The normalized spacial score (nSPS) is 12.3. The van der Waals surface area contributed by atoms with Gasteiger partial charge in [0, 0.05) is 6.20 Å². The molecular weight excluding hydrogens is 252 g/mol. The van der Waals surface area contributed by atoms with Crippen molar-refractivity contribution in [1.29, 1.82) is 0 Å². The van der Waals surface area contributed by atoms with Gasteiger partial charge in [0.2, 0.25) is 0 Å². The van der Waals surface area contributed by atoms with E-state index in [0.29, 0.717) is 12.6 Å². The molecule has 110 valence electrons. The first kappa shape index (κ1) is 14.7. The van der Waals surface area contributed by atoms with Crippen molar-refractivity contribution in [3.8, 4) is 0 Å². The second-order valence-electron chi connectivity index (χ2n) is 5.78. The summed E-state index contributed by atoms with van der Waals surface area (Å²) in [5, 5.41) is 12.8. The molecular formula is C14H24N6. The van der Waals surface area contributed by atoms with Crippen molar-refractivity contribution < 1.29 is 0 Å². The Labute approximate surface area is 120 Å². The fourth-order valence-corrected chi connectivity index (χ4v) is 2.16. The molecule has 2 N–H and O–H groups in total. The lowest BCUT2D eigenvalue weighted by molar-refractivity contribution is 0.423. The van der Waals surface area contributed by atoms with Gasteiger partial charge in [0.15, 0.2) is 0 Å². The topological polar surface area (TPSA) is 74.5 Å². The molecule has 6 heteroatoms. The van der Waals surface area contributed by atoms with Gasteiger partial charge in [-0.25, -0.2) is 4.68 Å². The van der Waals surface area contributed by atoms with E-state index in [4.69, 9.17) is 5.73 Å². The van der Waals surface area contributed by atoms with Crippen LogP contribution < -0.4 is 5.73 Å². The van der Waals surface area contributed by atoms with Crippen LogP contribution in [0.3, 0.4) is 0 Å². The average Bonchev–Trinajstić information content (AvgIpc) is 3.00. The summed E-state index contributed by atoms with van der Waals surface area (Å²) >= 11 is 0. The van der Waals surface area contributed by atoms with E-state index in [0.717, 1.165) is 24.2 Å². The van der Waals surface area contributed by atoms with Gasteiger partial charge in [-0.3, -0.25) is 4.68 Å². The molecule has 0 aliphatic heterocycles. The van der Waals surface area contributed by atoms with E-state index in [1.54, 1.807) is 4.68 Å². The largest absolute Gasteiger partial charge is 0.320 e. The first-order valence-electron chi connectivity index (χ1n) is 7.17. The molecule has 20 heavy (non-hydrogen) atoms. The van der Waals surface area contributed by atoms with Gasteiger partial charge in [0.1, 0.15) is 5.69 Å². The molecule has 0 aromatic carbocycles. The number of nitrogens with zero attached hydrogens (tertiary/aromatic N) is 5. The summed E-state index contributed by atoms with van der Waals surface area (Å²) in [7, 11) is 0. The monoisotopic (exact) mass is 276 g/mol. The highest BCUT2D eigenvalue weighted by Crippen LogP contribution is 2.16. The molecule has 0 bridgehead atoms. The van der Waals surface area contributed by atoms with E-state index in [1.807, 2.05) is 37.0 Å². The summed E-state index contributed by atoms with van der Waals surface area (Å²) in [6.45, 7) is 8.83. The van der Waals surface area contributed by atoms with Crippen molar-refractivity contribution >= 4 is 0 Å². The lowest BCUT2D eigenvalue weighted by atomic mass is 10.0. The first-order valence-corrected chi connectivity index (χ1v) is 7.17. The molecule has 0 amide bonds. The Balaban J connectivity index is 2.09. The van der Waals surface area contributed by atoms with E-state index in [-0.39, 0.29) is 0 Å². The minimum atomic E-state index is -0.465. The van der Waals surface area contributed by atoms with Gasteiger partial charge in [0.05, 0.1) is 30.0 Å². The molecule has 0 aliphatic rings. The van der Waals surface area contributed by atoms with Crippen molar-refractivity contribution in [3.63, 3.8) is 0 Å². The van der Waals surface area contributed by atoms with E-state index in [2.05, 4.69) is 29.3 Å². The van der Waals surface area contributed by atoms with Crippen molar-refractivity contribution in [2.24, 2.45) is 5.73 Å². The zero-order valence-electron chi connectivity index (χ0n) is 12.7. The summed E-state index contributed by atoms with van der Waals surface area (Å²) in [4.78, 5) is 0. The lowest BCUT2D eigenvalue weighted by Crippen LogP contribution is -2.29. The molecule has 2 aromatic rings. The third-order valence-electron chi connectivity index (χ3n) is 3.50. The molecule has 2 heterocycles. The summed E-state index contributed by atoms with van der Waals surface area (Å²) in [5.74, 6) is 0. The molecule has 0 aliphatic carbocycles. The Kier molecular flexibility index (Phi) is 4.23. The Morgan fingerprint density at radius 3 is 2.55 bits per heavy atom. The van der Waals surface area contributed by atoms with E-state index in [1.165, 1.54) is 0 Å². The minimum Gasteiger partial charge on any atom is -0.320 e. The highest BCUT2D eigenvalue weighted by molar-refractivity contribution is 5.07.